The van der Waals surface area contributed by atoms with Crippen LogP contribution in [0, 0.1) is 5.92 Å². The zero-order valence-corrected chi connectivity index (χ0v) is 16.3. The van der Waals surface area contributed by atoms with Crippen LogP contribution in [0.2, 0.25) is 0 Å². The molecule has 0 saturated heterocycles. The minimum Gasteiger partial charge on any atom is -0.487 e. The zero-order valence-electron chi connectivity index (χ0n) is 16.3. The zero-order chi connectivity index (χ0) is 19.1. The van der Waals surface area contributed by atoms with Crippen molar-refractivity contribution < 1.29 is 14.3 Å². The van der Waals surface area contributed by atoms with E-state index in [0.717, 1.165) is 49.4 Å². The average molecular weight is 378 g/mol. The minimum absolute atomic E-state index is 0.176. The molecular weight excluding hydrogens is 352 g/mol. The second-order valence-electron chi connectivity index (χ2n) is 8.15. The van der Waals surface area contributed by atoms with Gasteiger partial charge < -0.3 is 14.4 Å². The highest BCUT2D eigenvalue weighted by Gasteiger charge is 2.36. The molecule has 146 valence electrons. The number of hydrogen-bond acceptors (Lipinski definition) is 4. The van der Waals surface area contributed by atoms with Gasteiger partial charge >= 0.3 is 0 Å². The van der Waals surface area contributed by atoms with Crippen molar-refractivity contribution in [3.05, 3.63) is 58.4 Å². The van der Waals surface area contributed by atoms with Gasteiger partial charge in [-0.25, -0.2) is 0 Å². The highest BCUT2D eigenvalue weighted by Crippen LogP contribution is 2.35. The second kappa shape index (κ2) is 7.21. The number of fused-ring (bicyclic) bond motifs is 3. The number of pyridine rings is 1. The van der Waals surface area contributed by atoms with Crippen molar-refractivity contribution in [2.45, 2.75) is 58.5 Å². The van der Waals surface area contributed by atoms with E-state index in [1.165, 1.54) is 16.7 Å². The van der Waals surface area contributed by atoms with Crippen molar-refractivity contribution in [3.8, 4) is 5.75 Å². The lowest BCUT2D eigenvalue weighted by Gasteiger charge is -2.34. The summed E-state index contributed by atoms with van der Waals surface area (Å²) in [6.07, 6.45) is 3.94. The fourth-order valence-corrected chi connectivity index (χ4v) is 4.28. The molecule has 1 aromatic heterocycles. The highest BCUT2D eigenvalue weighted by molar-refractivity contribution is 5.81. The van der Waals surface area contributed by atoms with E-state index in [9.17, 15) is 4.79 Å². The van der Waals surface area contributed by atoms with Gasteiger partial charge in [0.15, 0.2) is 0 Å². The fourth-order valence-electron chi connectivity index (χ4n) is 4.28. The third-order valence-electron chi connectivity index (χ3n) is 6.02. The standard InChI is InChI=1S/C23H26N2O3/c1-15-11-18-20(13-27-15)19-12-25(23(26)16-7-8-16)10-9-21(19)24-22(18)14-28-17-5-3-2-4-6-17/h2-6,15-16H,7-14H2,1H3. The number of carbonyl (C=O) groups excluding carboxylic acids is 1. The van der Waals surface area contributed by atoms with E-state index in [-0.39, 0.29) is 12.0 Å². The third-order valence-corrected chi connectivity index (χ3v) is 6.02. The molecule has 28 heavy (non-hydrogen) atoms. The van der Waals surface area contributed by atoms with Crippen LogP contribution in [0.3, 0.4) is 0 Å². The SMILES string of the molecule is CC1Cc2c(COc3ccccc3)nc3c(c2CO1)CN(C(=O)C1CC1)CC3. The third kappa shape index (κ3) is 3.39. The first-order chi connectivity index (χ1) is 13.7. The fraction of sp³-hybridized carbons (Fsp3) is 0.478. The molecule has 1 aliphatic carbocycles. The number of ether oxygens (including phenoxy) is 2. The molecule has 1 unspecified atom stereocenters. The smallest absolute Gasteiger partial charge is 0.225 e. The van der Waals surface area contributed by atoms with E-state index >= 15 is 0 Å². The van der Waals surface area contributed by atoms with Crippen LogP contribution < -0.4 is 4.74 Å². The van der Waals surface area contributed by atoms with Crippen LogP contribution in [0.5, 0.6) is 5.75 Å². The van der Waals surface area contributed by atoms with Crippen LogP contribution in [0.25, 0.3) is 0 Å². The van der Waals surface area contributed by atoms with Crippen molar-refractivity contribution in [1.29, 1.82) is 0 Å². The molecule has 5 heteroatoms. The van der Waals surface area contributed by atoms with E-state index in [1.54, 1.807) is 0 Å². The van der Waals surface area contributed by atoms with E-state index < -0.39 is 0 Å². The van der Waals surface area contributed by atoms with Gasteiger partial charge in [-0.1, -0.05) is 18.2 Å². The Morgan fingerprint density at radius 3 is 2.82 bits per heavy atom. The van der Waals surface area contributed by atoms with Crippen LogP contribution in [0.15, 0.2) is 30.3 Å². The molecule has 5 rings (SSSR count). The lowest BCUT2D eigenvalue weighted by molar-refractivity contribution is -0.133. The van der Waals surface area contributed by atoms with Crippen LogP contribution in [0.1, 0.15) is 47.8 Å². The predicted octanol–water partition coefficient (Wildman–Crippen LogP) is 3.42. The Morgan fingerprint density at radius 2 is 2.04 bits per heavy atom. The second-order valence-corrected chi connectivity index (χ2v) is 8.15. The molecule has 0 radical (unpaired) electrons. The summed E-state index contributed by atoms with van der Waals surface area (Å²) < 4.78 is 12.0. The number of hydrogen-bond donors (Lipinski definition) is 0. The Labute approximate surface area is 165 Å². The molecule has 0 N–H and O–H groups in total. The van der Waals surface area contributed by atoms with Crippen LogP contribution in [0.4, 0.5) is 0 Å². The molecule has 1 saturated carbocycles. The summed E-state index contributed by atoms with van der Waals surface area (Å²) in [6, 6.07) is 9.88. The van der Waals surface area contributed by atoms with Gasteiger partial charge in [-0.2, -0.15) is 0 Å². The molecular formula is C23H26N2O3. The van der Waals surface area contributed by atoms with Crippen molar-refractivity contribution in [3.63, 3.8) is 0 Å². The summed E-state index contributed by atoms with van der Waals surface area (Å²) in [6.45, 7) is 4.62. The molecule has 3 heterocycles. The molecule has 2 aliphatic heterocycles. The molecule has 1 atom stereocenters. The van der Waals surface area contributed by atoms with Gasteiger partial charge in [0.2, 0.25) is 5.91 Å². The first kappa shape index (κ1) is 17.7. The lowest BCUT2D eigenvalue weighted by atomic mass is 9.90. The Balaban J connectivity index is 1.45. The quantitative estimate of drug-likeness (QED) is 0.818. The van der Waals surface area contributed by atoms with Gasteiger partial charge in [0.1, 0.15) is 12.4 Å². The van der Waals surface area contributed by atoms with Crippen LogP contribution in [-0.2, 0) is 42.1 Å². The monoisotopic (exact) mass is 378 g/mol. The molecule has 3 aliphatic rings. The summed E-state index contributed by atoms with van der Waals surface area (Å²) in [5.74, 6) is 1.44. The van der Waals surface area contributed by atoms with Crippen molar-refractivity contribution >= 4 is 5.91 Å². The maximum atomic E-state index is 12.6. The topological polar surface area (TPSA) is 51.7 Å². The lowest BCUT2D eigenvalue weighted by Crippen LogP contribution is -2.39. The number of rotatable bonds is 4. The molecule has 1 aromatic carbocycles. The number of aromatic nitrogens is 1. The predicted molar refractivity (Wildman–Crippen MR) is 105 cm³/mol. The van der Waals surface area contributed by atoms with E-state index in [0.29, 0.717) is 25.7 Å². The highest BCUT2D eigenvalue weighted by atomic mass is 16.5. The van der Waals surface area contributed by atoms with Crippen molar-refractivity contribution in [1.82, 2.24) is 9.88 Å². The molecule has 0 spiro atoms. The van der Waals surface area contributed by atoms with Crippen molar-refractivity contribution in [2.75, 3.05) is 6.54 Å². The van der Waals surface area contributed by atoms with Crippen molar-refractivity contribution in [2.24, 2.45) is 5.92 Å². The number of nitrogens with zero attached hydrogens (tertiary/aromatic N) is 2. The molecule has 0 bridgehead atoms. The number of benzene rings is 1. The molecule has 1 fully saturated rings. The van der Waals surface area contributed by atoms with Gasteiger partial charge in [0.05, 0.1) is 18.4 Å². The Bertz CT molecular complexity index is 892. The van der Waals surface area contributed by atoms with Crippen LogP contribution >= 0.6 is 0 Å². The van der Waals surface area contributed by atoms with E-state index in [4.69, 9.17) is 14.5 Å². The number of para-hydroxylation sites is 1. The number of carbonyl (C=O) groups is 1. The van der Waals surface area contributed by atoms with Crippen LogP contribution in [-0.4, -0.2) is 28.4 Å². The summed E-state index contributed by atoms with van der Waals surface area (Å²) in [7, 11) is 0. The Hall–Kier alpha value is -2.40. The summed E-state index contributed by atoms with van der Waals surface area (Å²) in [5.41, 5.74) is 5.85. The summed E-state index contributed by atoms with van der Waals surface area (Å²) >= 11 is 0. The minimum atomic E-state index is 0.176. The van der Waals surface area contributed by atoms with Gasteiger partial charge in [-0.05, 0) is 48.6 Å². The Kier molecular flexibility index (Phi) is 4.55. The van der Waals surface area contributed by atoms with E-state index in [2.05, 4.69) is 6.92 Å². The van der Waals surface area contributed by atoms with E-state index in [1.807, 2.05) is 35.2 Å². The normalized spacial score (nSPS) is 21.0. The largest absolute Gasteiger partial charge is 0.487 e. The average Bonchev–Trinajstić information content (AvgIpc) is 3.57. The molecule has 2 aromatic rings. The maximum Gasteiger partial charge on any atom is 0.225 e. The van der Waals surface area contributed by atoms with Gasteiger partial charge in [-0.3, -0.25) is 9.78 Å². The number of amides is 1. The first-order valence-electron chi connectivity index (χ1n) is 10.3. The molecule has 1 amide bonds. The van der Waals surface area contributed by atoms with Gasteiger partial charge in [0, 0.05) is 37.5 Å². The van der Waals surface area contributed by atoms with Gasteiger partial charge in [0.25, 0.3) is 0 Å². The summed E-state index contributed by atoms with van der Waals surface area (Å²) in [4.78, 5) is 19.6. The summed E-state index contributed by atoms with van der Waals surface area (Å²) in [5, 5.41) is 0. The maximum absolute atomic E-state index is 12.6. The van der Waals surface area contributed by atoms with Gasteiger partial charge in [-0.15, -0.1) is 0 Å². The Morgan fingerprint density at radius 1 is 1.21 bits per heavy atom. The molecule has 5 nitrogen and oxygen atoms in total. The first-order valence-corrected chi connectivity index (χ1v) is 10.3.